The topological polar surface area (TPSA) is 58.4 Å². The van der Waals surface area contributed by atoms with E-state index in [4.69, 9.17) is 18.0 Å². The zero-order valence-electron chi connectivity index (χ0n) is 11.0. The molecule has 0 saturated carbocycles. The van der Waals surface area contributed by atoms with Crippen molar-refractivity contribution in [3.63, 3.8) is 0 Å². The molecule has 98 valence electrons. The van der Waals surface area contributed by atoms with Crippen molar-refractivity contribution in [2.45, 2.75) is 13.5 Å². The fraction of sp³-hybridized carbons (Fsp3) is 0.385. The highest BCUT2D eigenvalue weighted by molar-refractivity contribution is 7.80. The maximum Gasteiger partial charge on any atom is 0.233 e. The normalized spacial score (nSPS) is 10.4. The fourth-order valence-electron chi connectivity index (χ4n) is 1.70. The number of hydrogen-bond acceptors (Lipinski definition) is 3. The van der Waals surface area contributed by atoms with Gasteiger partial charge >= 0.3 is 0 Å². The van der Waals surface area contributed by atoms with E-state index in [1.807, 2.05) is 37.1 Å². The van der Waals surface area contributed by atoms with Crippen molar-refractivity contribution < 1.29 is 4.79 Å². The summed E-state index contributed by atoms with van der Waals surface area (Å²) in [6.45, 7) is 3.12. The Morgan fingerprint density at radius 2 is 2.17 bits per heavy atom. The summed E-state index contributed by atoms with van der Waals surface area (Å²) in [7, 11) is 3.55. The molecule has 4 nitrogen and oxygen atoms in total. The molecule has 18 heavy (non-hydrogen) atoms. The molecule has 0 atom stereocenters. The number of nitrogens with zero attached hydrogens (tertiary/aromatic N) is 1. The van der Waals surface area contributed by atoms with Gasteiger partial charge in [0.15, 0.2) is 0 Å². The van der Waals surface area contributed by atoms with Crippen LogP contribution in [0.3, 0.4) is 0 Å². The zero-order chi connectivity index (χ0) is 13.7. The van der Waals surface area contributed by atoms with E-state index in [-0.39, 0.29) is 5.91 Å². The van der Waals surface area contributed by atoms with Crippen LogP contribution in [0.4, 0.5) is 0 Å². The average Bonchev–Trinajstić information content (AvgIpc) is 2.31. The number of hydrogen-bond donors (Lipinski definition) is 2. The molecule has 0 bridgehead atoms. The largest absolute Gasteiger partial charge is 0.389 e. The molecule has 0 spiro atoms. The first-order chi connectivity index (χ1) is 8.43. The van der Waals surface area contributed by atoms with Crippen molar-refractivity contribution in [2.24, 2.45) is 5.73 Å². The maximum absolute atomic E-state index is 11.3. The van der Waals surface area contributed by atoms with E-state index in [0.29, 0.717) is 11.5 Å². The van der Waals surface area contributed by atoms with Crippen molar-refractivity contribution in [1.29, 1.82) is 0 Å². The highest BCUT2D eigenvalue weighted by Crippen LogP contribution is 2.13. The van der Waals surface area contributed by atoms with E-state index in [0.717, 1.165) is 17.7 Å². The lowest BCUT2D eigenvalue weighted by Gasteiger charge is -2.17. The summed E-state index contributed by atoms with van der Waals surface area (Å²) in [5, 5.41) is 2.61. The third-order valence-electron chi connectivity index (χ3n) is 2.76. The number of amides is 1. The second-order valence-electron chi connectivity index (χ2n) is 4.35. The molecule has 1 rings (SSSR count). The average molecular weight is 265 g/mol. The summed E-state index contributed by atoms with van der Waals surface area (Å²) < 4.78 is 0. The van der Waals surface area contributed by atoms with Gasteiger partial charge in [0.05, 0.1) is 6.54 Å². The Morgan fingerprint density at radius 3 is 2.67 bits per heavy atom. The summed E-state index contributed by atoms with van der Waals surface area (Å²) in [5.74, 6) is 0.00918. The summed E-state index contributed by atoms with van der Waals surface area (Å²) in [5.41, 5.74) is 8.76. The molecular formula is C13H19N3OS. The summed E-state index contributed by atoms with van der Waals surface area (Å²) in [4.78, 5) is 13.6. The minimum absolute atomic E-state index is 0.00918. The quantitative estimate of drug-likeness (QED) is 0.774. The molecule has 0 saturated heterocycles. The van der Waals surface area contributed by atoms with Crippen molar-refractivity contribution >= 4 is 23.1 Å². The smallest absolute Gasteiger partial charge is 0.233 e. The highest BCUT2D eigenvalue weighted by atomic mass is 32.1. The second kappa shape index (κ2) is 6.47. The number of nitrogens with one attached hydrogen (secondary N) is 1. The van der Waals surface area contributed by atoms with Crippen molar-refractivity contribution in [3.05, 3.63) is 34.9 Å². The van der Waals surface area contributed by atoms with Crippen molar-refractivity contribution in [3.8, 4) is 0 Å². The third-order valence-corrected chi connectivity index (χ3v) is 3.00. The van der Waals surface area contributed by atoms with E-state index >= 15 is 0 Å². The van der Waals surface area contributed by atoms with E-state index in [1.165, 1.54) is 5.56 Å². The molecule has 3 N–H and O–H groups in total. The molecule has 1 aromatic carbocycles. The van der Waals surface area contributed by atoms with Gasteiger partial charge in [0.1, 0.15) is 4.99 Å². The molecule has 0 heterocycles. The predicted molar refractivity (Wildman–Crippen MR) is 77.5 cm³/mol. The van der Waals surface area contributed by atoms with Crippen LogP contribution >= 0.6 is 12.2 Å². The van der Waals surface area contributed by atoms with E-state index in [1.54, 1.807) is 7.05 Å². The molecule has 0 fully saturated rings. The van der Waals surface area contributed by atoms with Crippen LogP contribution in [-0.4, -0.2) is 36.4 Å². The highest BCUT2D eigenvalue weighted by Gasteiger charge is 2.08. The zero-order valence-corrected chi connectivity index (χ0v) is 11.8. The van der Waals surface area contributed by atoms with Crippen LogP contribution in [0.2, 0.25) is 0 Å². The molecule has 1 aromatic rings. The number of rotatable bonds is 5. The molecule has 0 aliphatic heterocycles. The Bertz CT molecular complexity index is 460. The van der Waals surface area contributed by atoms with Gasteiger partial charge in [-0.3, -0.25) is 9.69 Å². The van der Waals surface area contributed by atoms with Crippen molar-refractivity contribution in [1.82, 2.24) is 10.2 Å². The molecular weight excluding hydrogens is 246 g/mol. The first-order valence-corrected chi connectivity index (χ1v) is 6.13. The summed E-state index contributed by atoms with van der Waals surface area (Å²) in [6.07, 6.45) is 0. The second-order valence-corrected chi connectivity index (χ2v) is 4.79. The number of carbonyl (C=O) groups is 1. The molecule has 0 aromatic heterocycles. The molecule has 0 unspecified atom stereocenters. The van der Waals surface area contributed by atoms with Gasteiger partial charge in [-0.25, -0.2) is 0 Å². The number of thiocarbonyl (C=S) groups is 1. The lowest BCUT2D eigenvalue weighted by atomic mass is 10.0. The van der Waals surface area contributed by atoms with Gasteiger partial charge < -0.3 is 11.1 Å². The first kappa shape index (κ1) is 14.6. The molecule has 5 heteroatoms. The van der Waals surface area contributed by atoms with Gasteiger partial charge in [-0.1, -0.05) is 24.4 Å². The molecule has 1 amide bonds. The predicted octanol–water partition coefficient (Wildman–Crippen LogP) is 0.807. The van der Waals surface area contributed by atoms with Gasteiger partial charge in [-0.15, -0.1) is 0 Å². The van der Waals surface area contributed by atoms with E-state index < -0.39 is 0 Å². The SMILES string of the molecule is CNC(=O)CN(C)Cc1ccc(C(N)=S)cc1C. The van der Waals surface area contributed by atoms with Crippen LogP contribution in [0.5, 0.6) is 0 Å². The van der Waals surface area contributed by atoms with E-state index in [2.05, 4.69) is 5.32 Å². The Hall–Kier alpha value is -1.46. The Morgan fingerprint density at radius 1 is 1.50 bits per heavy atom. The van der Waals surface area contributed by atoms with Gasteiger partial charge in [0.25, 0.3) is 0 Å². The monoisotopic (exact) mass is 265 g/mol. The van der Waals surface area contributed by atoms with Crippen LogP contribution in [0, 0.1) is 6.92 Å². The van der Waals surface area contributed by atoms with Gasteiger partial charge in [-0.2, -0.15) is 0 Å². The van der Waals surface area contributed by atoms with Gasteiger partial charge in [0.2, 0.25) is 5.91 Å². The molecule has 0 aliphatic rings. The van der Waals surface area contributed by atoms with Crippen molar-refractivity contribution in [2.75, 3.05) is 20.6 Å². The van der Waals surface area contributed by atoms with E-state index in [9.17, 15) is 4.79 Å². The number of likely N-dealkylation sites (N-methyl/N-ethyl adjacent to an activating group) is 2. The van der Waals surface area contributed by atoms with Gasteiger partial charge in [0, 0.05) is 19.2 Å². The standard InChI is InChI=1S/C13H19N3OS/c1-9-6-10(13(14)18)4-5-11(9)7-16(3)8-12(17)15-2/h4-6H,7-8H2,1-3H3,(H2,14,18)(H,15,17). The van der Waals surface area contributed by atoms with Crippen LogP contribution in [-0.2, 0) is 11.3 Å². The third kappa shape index (κ3) is 4.09. The number of nitrogens with two attached hydrogens (primary N) is 1. The fourth-order valence-corrected chi connectivity index (χ4v) is 1.82. The van der Waals surface area contributed by atoms with Crippen LogP contribution in [0.25, 0.3) is 0 Å². The lowest BCUT2D eigenvalue weighted by molar-refractivity contribution is -0.121. The maximum atomic E-state index is 11.3. The number of carbonyl (C=O) groups excluding carboxylic acids is 1. The number of benzene rings is 1. The minimum atomic E-state index is 0.00918. The summed E-state index contributed by atoms with van der Waals surface area (Å²) >= 11 is 4.94. The minimum Gasteiger partial charge on any atom is -0.389 e. The molecule has 0 aliphatic carbocycles. The Balaban J connectivity index is 2.73. The Kier molecular flexibility index (Phi) is 5.25. The summed E-state index contributed by atoms with van der Waals surface area (Å²) in [6, 6.07) is 5.90. The van der Waals surface area contributed by atoms with Crippen LogP contribution < -0.4 is 11.1 Å². The Labute approximate surface area is 113 Å². The van der Waals surface area contributed by atoms with Gasteiger partial charge in [-0.05, 0) is 31.2 Å². The lowest BCUT2D eigenvalue weighted by Crippen LogP contribution is -2.32. The van der Waals surface area contributed by atoms with Crippen LogP contribution in [0.15, 0.2) is 18.2 Å². The number of aryl methyl sites for hydroxylation is 1. The molecule has 0 radical (unpaired) electrons. The van der Waals surface area contributed by atoms with Crippen LogP contribution in [0.1, 0.15) is 16.7 Å². The first-order valence-electron chi connectivity index (χ1n) is 5.72.